The van der Waals surface area contributed by atoms with Crippen molar-refractivity contribution in [1.82, 2.24) is 4.90 Å². The van der Waals surface area contributed by atoms with Crippen molar-refractivity contribution in [3.63, 3.8) is 0 Å². The minimum Gasteiger partial charge on any atom is -0.339 e. The standard InChI is InChI=1S/C17H24N2O2/c1-17(2,3)12-15(20)18-14-8-6-13(7-9-14)16(21)19-10-4-5-11-19/h6-9H,4-5,10-12H2,1-3H3,(H,18,20). The summed E-state index contributed by atoms with van der Waals surface area (Å²) in [5.41, 5.74) is 1.39. The first-order valence-electron chi connectivity index (χ1n) is 7.54. The molecular weight excluding hydrogens is 264 g/mol. The molecule has 1 aromatic carbocycles. The molecule has 21 heavy (non-hydrogen) atoms. The zero-order valence-corrected chi connectivity index (χ0v) is 13.1. The fourth-order valence-corrected chi connectivity index (χ4v) is 2.49. The van der Waals surface area contributed by atoms with Crippen LogP contribution < -0.4 is 5.32 Å². The number of nitrogens with one attached hydrogen (secondary N) is 1. The molecule has 4 nitrogen and oxygen atoms in total. The minimum atomic E-state index is -0.0320. The lowest BCUT2D eigenvalue weighted by molar-refractivity contribution is -0.117. The molecule has 0 bridgehead atoms. The van der Waals surface area contributed by atoms with E-state index in [1.165, 1.54) is 0 Å². The van der Waals surface area contributed by atoms with Crippen LogP contribution in [0.25, 0.3) is 0 Å². The predicted molar refractivity (Wildman–Crippen MR) is 84.3 cm³/mol. The second-order valence-corrected chi connectivity index (χ2v) is 6.86. The summed E-state index contributed by atoms with van der Waals surface area (Å²) in [5.74, 6) is 0.0844. The molecule has 1 aliphatic heterocycles. The summed E-state index contributed by atoms with van der Waals surface area (Å²) in [5, 5.41) is 2.87. The van der Waals surface area contributed by atoms with Gasteiger partial charge in [-0.25, -0.2) is 0 Å². The first-order chi connectivity index (χ1) is 9.85. The Morgan fingerprint density at radius 1 is 1.10 bits per heavy atom. The van der Waals surface area contributed by atoms with Gasteiger partial charge >= 0.3 is 0 Å². The Labute approximate surface area is 126 Å². The van der Waals surface area contributed by atoms with Gasteiger partial charge < -0.3 is 10.2 Å². The van der Waals surface area contributed by atoms with Gasteiger partial charge in [0.2, 0.25) is 5.91 Å². The molecule has 0 spiro atoms. The van der Waals surface area contributed by atoms with Gasteiger partial charge in [-0.05, 0) is 42.5 Å². The maximum atomic E-state index is 12.2. The number of carbonyl (C=O) groups excluding carboxylic acids is 2. The summed E-state index contributed by atoms with van der Waals surface area (Å²) in [7, 11) is 0. The number of amides is 2. The molecule has 0 atom stereocenters. The second-order valence-electron chi connectivity index (χ2n) is 6.86. The average Bonchev–Trinajstić information content (AvgIpc) is 2.90. The zero-order valence-electron chi connectivity index (χ0n) is 13.1. The molecule has 114 valence electrons. The highest BCUT2D eigenvalue weighted by atomic mass is 16.2. The van der Waals surface area contributed by atoms with Crippen LogP contribution in [0, 0.1) is 5.41 Å². The third kappa shape index (κ3) is 4.59. The fraction of sp³-hybridized carbons (Fsp3) is 0.529. The summed E-state index contributed by atoms with van der Waals surface area (Å²) in [6, 6.07) is 7.16. The summed E-state index contributed by atoms with van der Waals surface area (Å²) in [4.78, 5) is 26.0. The Balaban J connectivity index is 1.95. The van der Waals surface area contributed by atoms with Crippen molar-refractivity contribution >= 4 is 17.5 Å². The van der Waals surface area contributed by atoms with E-state index in [2.05, 4.69) is 5.32 Å². The van der Waals surface area contributed by atoms with Crippen LogP contribution in [0.4, 0.5) is 5.69 Å². The largest absolute Gasteiger partial charge is 0.339 e. The summed E-state index contributed by atoms with van der Waals surface area (Å²) >= 11 is 0. The van der Waals surface area contributed by atoms with Gasteiger partial charge in [0.15, 0.2) is 0 Å². The molecule has 1 aromatic rings. The number of carbonyl (C=O) groups is 2. The number of hydrogen-bond acceptors (Lipinski definition) is 2. The van der Waals surface area contributed by atoms with Gasteiger partial charge in [0.05, 0.1) is 0 Å². The molecule has 0 unspecified atom stereocenters. The van der Waals surface area contributed by atoms with E-state index in [0.29, 0.717) is 12.0 Å². The molecule has 0 saturated carbocycles. The van der Waals surface area contributed by atoms with Crippen molar-refractivity contribution in [1.29, 1.82) is 0 Å². The Morgan fingerprint density at radius 3 is 2.19 bits per heavy atom. The predicted octanol–water partition coefficient (Wildman–Crippen LogP) is 3.30. The number of hydrogen-bond donors (Lipinski definition) is 1. The van der Waals surface area contributed by atoms with Gasteiger partial charge in [-0.2, -0.15) is 0 Å². The fourth-order valence-electron chi connectivity index (χ4n) is 2.49. The van der Waals surface area contributed by atoms with Crippen LogP contribution in [0.2, 0.25) is 0 Å². The molecule has 0 radical (unpaired) electrons. The first-order valence-corrected chi connectivity index (χ1v) is 7.54. The van der Waals surface area contributed by atoms with Crippen LogP contribution in [-0.2, 0) is 4.79 Å². The van der Waals surface area contributed by atoms with Crippen LogP contribution in [0.5, 0.6) is 0 Å². The molecule has 0 aliphatic carbocycles. The van der Waals surface area contributed by atoms with E-state index in [9.17, 15) is 9.59 Å². The normalized spacial score (nSPS) is 15.1. The van der Waals surface area contributed by atoms with Gasteiger partial charge in [0.1, 0.15) is 0 Å². The monoisotopic (exact) mass is 288 g/mol. The van der Waals surface area contributed by atoms with Crippen LogP contribution in [0.15, 0.2) is 24.3 Å². The van der Waals surface area contributed by atoms with E-state index in [0.717, 1.165) is 31.6 Å². The number of likely N-dealkylation sites (tertiary alicyclic amines) is 1. The van der Waals surface area contributed by atoms with E-state index in [-0.39, 0.29) is 17.2 Å². The van der Waals surface area contributed by atoms with Crippen molar-refractivity contribution in [3.05, 3.63) is 29.8 Å². The Morgan fingerprint density at radius 2 is 1.67 bits per heavy atom. The topological polar surface area (TPSA) is 49.4 Å². The Kier molecular flexibility index (Phi) is 4.66. The molecule has 1 fully saturated rings. The van der Waals surface area contributed by atoms with Crippen LogP contribution in [0.3, 0.4) is 0 Å². The third-order valence-electron chi connectivity index (χ3n) is 3.50. The molecule has 4 heteroatoms. The molecule has 1 saturated heterocycles. The highest BCUT2D eigenvalue weighted by molar-refractivity contribution is 5.96. The number of rotatable bonds is 3. The Bertz CT molecular complexity index is 509. The van der Waals surface area contributed by atoms with Gasteiger partial charge in [-0.3, -0.25) is 9.59 Å². The van der Waals surface area contributed by atoms with Gasteiger partial charge in [0, 0.05) is 30.8 Å². The summed E-state index contributed by atoms with van der Waals surface area (Å²) in [6.07, 6.45) is 2.65. The summed E-state index contributed by atoms with van der Waals surface area (Å²) in [6.45, 7) is 7.80. The lowest BCUT2D eigenvalue weighted by Gasteiger charge is -2.18. The van der Waals surface area contributed by atoms with Crippen molar-refractivity contribution in [2.24, 2.45) is 5.41 Å². The van der Waals surface area contributed by atoms with Gasteiger partial charge in [-0.1, -0.05) is 20.8 Å². The second kappa shape index (κ2) is 6.29. The van der Waals surface area contributed by atoms with Gasteiger partial charge in [-0.15, -0.1) is 0 Å². The van der Waals surface area contributed by atoms with Gasteiger partial charge in [0.25, 0.3) is 5.91 Å². The van der Waals surface area contributed by atoms with Crippen LogP contribution in [0.1, 0.15) is 50.4 Å². The van der Waals surface area contributed by atoms with E-state index >= 15 is 0 Å². The highest BCUT2D eigenvalue weighted by Gasteiger charge is 2.19. The highest BCUT2D eigenvalue weighted by Crippen LogP contribution is 2.20. The molecule has 1 heterocycles. The van der Waals surface area contributed by atoms with E-state index in [1.54, 1.807) is 24.3 Å². The molecule has 1 aliphatic rings. The molecule has 1 N–H and O–H groups in total. The van der Waals surface area contributed by atoms with E-state index in [4.69, 9.17) is 0 Å². The first kappa shape index (κ1) is 15.5. The van der Waals surface area contributed by atoms with E-state index < -0.39 is 0 Å². The number of benzene rings is 1. The zero-order chi connectivity index (χ0) is 15.5. The summed E-state index contributed by atoms with van der Waals surface area (Å²) < 4.78 is 0. The van der Waals surface area contributed by atoms with Crippen molar-refractivity contribution < 1.29 is 9.59 Å². The maximum Gasteiger partial charge on any atom is 0.253 e. The maximum absolute atomic E-state index is 12.2. The molecular formula is C17H24N2O2. The molecule has 2 rings (SSSR count). The third-order valence-corrected chi connectivity index (χ3v) is 3.50. The van der Waals surface area contributed by atoms with Crippen LogP contribution >= 0.6 is 0 Å². The lowest BCUT2D eigenvalue weighted by Crippen LogP contribution is -2.27. The van der Waals surface area contributed by atoms with Crippen LogP contribution in [-0.4, -0.2) is 29.8 Å². The molecule has 0 aromatic heterocycles. The van der Waals surface area contributed by atoms with Crippen molar-refractivity contribution in [2.75, 3.05) is 18.4 Å². The average molecular weight is 288 g/mol. The van der Waals surface area contributed by atoms with Crippen molar-refractivity contribution in [2.45, 2.75) is 40.0 Å². The SMILES string of the molecule is CC(C)(C)CC(=O)Nc1ccc(C(=O)N2CCCC2)cc1. The quantitative estimate of drug-likeness (QED) is 0.927. The minimum absolute atomic E-state index is 0.00104. The number of anilines is 1. The lowest BCUT2D eigenvalue weighted by atomic mass is 9.92. The van der Waals surface area contributed by atoms with E-state index in [1.807, 2.05) is 25.7 Å². The molecule has 2 amide bonds. The Hall–Kier alpha value is -1.84. The van der Waals surface area contributed by atoms with Crippen molar-refractivity contribution in [3.8, 4) is 0 Å². The smallest absolute Gasteiger partial charge is 0.253 e. The number of nitrogens with zero attached hydrogens (tertiary/aromatic N) is 1.